The number of ether oxygens (including phenoxy) is 2. The van der Waals surface area contributed by atoms with Gasteiger partial charge in [0, 0.05) is 25.5 Å². The Morgan fingerprint density at radius 3 is 2.86 bits per heavy atom. The SMILES string of the molecule is O=C(C[C@H]1CC[C@H]2[C@@H](COC[C@@H](O)CN2C(=O)c2cccnc2)O1)NCC1CC1. The molecule has 0 radical (unpaired) electrons. The Hall–Kier alpha value is -2.03. The van der Waals surface area contributed by atoms with Gasteiger partial charge in [-0.15, -0.1) is 0 Å². The predicted molar refractivity (Wildman–Crippen MR) is 104 cm³/mol. The maximum atomic E-state index is 13.1. The van der Waals surface area contributed by atoms with Crippen LogP contribution in [0.25, 0.3) is 0 Å². The van der Waals surface area contributed by atoms with Gasteiger partial charge in [-0.3, -0.25) is 14.6 Å². The number of pyridine rings is 1. The van der Waals surface area contributed by atoms with Crippen LogP contribution in [-0.2, 0) is 14.3 Å². The predicted octanol–water partition coefficient (Wildman–Crippen LogP) is 0.747. The number of nitrogens with zero attached hydrogens (tertiary/aromatic N) is 2. The number of aliphatic hydroxyl groups is 1. The molecule has 3 aliphatic rings. The summed E-state index contributed by atoms with van der Waals surface area (Å²) < 4.78 is 11.8. The molecule has 29 heavy (non-hydrogen) atoms. The van der Waals surface area contributed by atoms with Crippen molar-refractivity contribution >= 4 is 11.8 Å². The third kappa shape index (κ3) is 5.32. The zero-order chi connectivity index (χ0) is 20.2. The van der Waals surface area contributed by atoms with Crippen LogP contribution in [0.15, 0.2) is 24.5 Å². The highest BCUT2D eigenvalue weighted by molar-refractivity contribution is 5.94. The lowest BCUT2D eigenvalue weighted by Crippen LogP contribution is -2.57. The molecule has 0 spiro atoms. The van der Waals surface area contributed by atoms with E-state index < -0.39 is 6.10 Å². The fourth-order valence-corrected chi connectivity index (χ4v) is 4.09. The molecule has 2 saturated heterocycles. The number of amides is 2. The van der Waals surface area contributed by atoms with Gasteiger partial charge in [-0.1, -0.05) is 0 Å². The van der Waals surface area contributed by atoms with Crippen LogP contribution in [0.3, 0.4) is 0 Å². The lowest BCUT2D eigenvalue weighted by Gasteiger charge is -2.44. The van der Waals surface area contributed by atoms with Crippen molar-refractivity contribution in [3.63, 3.8) is 0 Å². The number of carbonyl (C=O) groups is 2. The Balaban J connectivity index is 1.41. The smallest absolute Gasteiger partial charge is 0.255 e. The Morgan fingerprint density at radius 2 is 2.10 bits per heavy atom. The van der Waals surface area contributed by atoms with Gasteiger partial charge in [0.1, 0.15) is 6.10 Å². The normalized spacial score (nSPS) is 30.0. The fraction of sp³-hybridized carbons (Fsp3) is 0.667. The molecule has 1 aromatic heterocycles. The first-order valence-electron chi connectivity index (χ1n) is 10.5. The Morgan fingerprint density at radius 1 is 1.24 bits per heavy atom. The van der Waals surface area contributed by atoms with Crippen molar-refractivity contribution in [2.24, 2.45) is 5.92 Å². The number of hydrogen-bond acceptors (Lipinski definition) is 6. The van der Waals surface area contributed by atoms with E-state index in [1.54, 1.807) is 23.2 Å². The third-order valence-corrected chi connectivity index (χ3v) is 5.85. The Labute approximate surface area is 170 Å². The van der Waals surface area contributed by atoms with Crippen LogP contribution in [-0.4, -0.2) is 77.5 Å². The first kappa shape index (κ1) is 20.3. The maximum absolute atomic E-state index is 13.1. The molecule has 0 unspecified atom stereocenters. The number of carbonyl (C=O) groups excluding carboxylic acids is 2. The first-order chi connectivity index (χ1) is 14.1. The second kappa shape index (κ2) is 9.19. The van der Waals surface area contributed by atoms with Gasteiger partial charge in [-0.25, -0.2) is 0 Å². The van der Waals surface area contributed by atoms with Crippen LogP contribution >= 0.6 is 0 Å². The van der Waals surface area contributed by atoms with Crippen molar-refractivity contribution in [3.8, 4) is 0 Å². The highest BCUT2D eigenvalue weighted by Gasteiger charge is 2.40. The largest absolute Gasteiger partial charge is 0.389 e. The van der Waals surface area contributed by atoms with Crippen LogP contribution in [0, 0.1) is 5.92 Å². The Kier molecular flexibility index (Phi) is 6.42. The van der Waals surface area contributed by atoms with Crippen LogP contribution in [0.4, 0.5) is 0 Å². The molecule has 2 aliphatic heterocycles. The zero-order valence-corrected chi connectivity index (χ0v) is 16.5. The Bertz CT molecular complexity index is 712. The highest BCUT2D eigenvalue weighted by Crippen LogP contribution is 2.29. The first-order valence-corrected chi connectivity index (χ1v) is 10.5. The molecule has 3 fully saturated rings. The molecule has 3 heterocycles. The van der Waals surface area contributed by atoms with Crippen LogP contribution in [0.2, 0.25) is 0 Å². The molecule has 158 valence electrons. The summed E-state index contributed by atoms with van der Waals surface area (Å²) in [7, 11) is 0. The highest BCUT2D eigenvalue weighted by atomic mass is 16.5. The molecule has 4 rings (SSSR count). The summed E-state index contributed by atoms with van der Waals surface area (Å²) in [6.07, 6.45) is 6.03. The molecule has 8 nitrogen and oxygen atoms in total. The third-order valence-electron chi connectivity index (χ3n) is 5.85. The summed E-state index contributed by atoms with van der Waals surface area (Å²) in [5.41, 5.74) is 0.488. The van der Waals surface area contributed by atoms with Gasteiger partial charge in [0.2, 0.25) is 5.91 Å². The lowest BCUT2D eigenvalue weighted by atomic mass is 9.94. The minimum Gasteiger partial charge on any atom is -0.389 e. The van der Waals surface area contributed by atoms with E-state index in [2.05, 4.69) is 10.3 Å². The van der Waals surface area contributed by atoms with Gasteiger partial charge >= 0.3 is 0 Å². The molecular weight excluding hydrogens is 374 g/mol. The van der Waals surface area contributed by atoms with Crippen molar-refractivity contribution in [1.29, 1.82) is 0 Å². The van der Waals surface area contributed by atoms with Gasteiger partial charge in [0.25, 0.3) is 5.91 Å². The molecule has 1 aromatic rings. The van der Waals surface area contributed by atoms with E-state index in [-0.39, 0.29) is 43.2 Å². The average molecular weight is 403 g/mol. The molecule has 2 N–H and O–H groups in total. The summed E-state index contributed by atoms with van der Waals surface area (Å²) in [6, 6.07) is 3.24. The maximum Gasteiger partial charge on any atom is 0.255 e. The number of aromatic nitrogens is 1. The second-order valence-corrected chi connectivity index (χ2v) is 8.28. The topological polar surface area (TPSA) is 101 Å². The number of rotatable bonds is 5. The lowest BCUT2D eigenvalue weighted by molar-refractivity contribution is -0.150. The molecule has 1 saturated carbocycles. The van der Waals surface area contributed by atoms with E-state index in [0.29, 0.717) is 37.4 Å². The van der Waals surface area contributed by atoms with Crippen LogP contribution in [0.1, 0.15) is 42.5 Å². The van der Waals surface area contributed by atoms with Gasteiger partial charge in [-0.05, 0) is 43.7 Å². The van der Waals surface area contributed by atoms with Crippen LogP contribution < -0.4 is 5.32 Å². The molecule has 4 atom stereocenters. The molecule has 2 amide bonds. The summed E-state index contributed by atoms with van der Waals surface area (Å²) in [4.78, 5) is 31.0. The van der Waals surface area contributed by atoms with Crippen molar-refractivity contribution in [2.75, 3.05) is 26.3 Å². The van der Waals surface area contributed by atoms with Crippen molar-refractivity contribution in [1.82, 2.24) is 15.2 Å². The molecule has 8 heteroatoms. The summed E-state index contributed by atoms with van der Waals surface area (Å²) in [5.74, 6) is 0.497. The van der Waals surface area contributed by atoms with E-state index in [1.165, 1.54) is 19.0 Å². The van der Waals surface area contributed by atoms with Gasteiger partial charge in [0.15, 0.2) is 0 Å². The number of β-amino-alcohol motifs (C(OH)–C–C–N with tert-alkyl or cyclic N) is 1. The van der Waals surface area contributed by atoms with Gasteiger partial charge in [-0.2, -0.15) is 0 Å². The van der Waals surface area contributed by atoms with Crippen molar-refractivity contribution < 1.29 is 24.2 Å². The second-order valence-electron chi connectivity index (χ2n) is 8.28. The average Bonchev–Trinajstić information content (AvgIpc) is 3.54. The molecule has 0 bridgehead atoms. The van der Waals surface area contributed by atoms with E-state index in [0.717, 1.165) is 6.54 Å². The number of hydrogen-bond donors (Lipinski definition) is 2. The number of fused-ring (bicyclic) bond motifs is 1. The zero-order valence-electron chi connectivity index (χ0n) is 16.5. The molecule has 1 aliphatic carbocycles. The minimum atomic E-state index is -0.748. The van der Waals surface area contributed by atoms with Crippen LogP contribution in [0.5, 0.6) is 0 Å². The summed E-state index contributed by atoms with van der Waals surface area (Å²) in [6.45, 7) is 1.38. The molecule has 0 aromatic carbocycles. The van der Waals surface area contributed by atoms with Gasteiger partial charge < -0.3 is 24.8 Å². The van der Waals surface area contributed by atoms with Gasteiger partial charge in [0.05, 0.1) is 43.4 Å². The standard InChI is InChI=1S/C21H29N3O5/c25-16-11-24(21(27)15-2-1-7-22-10-15)18-6-5-17(29-19(18)13-28-12-16)8-20(26)23-9-14-3-4-14/h1-2,7,10,14,16-19,25H,3-6,8-9,11-13H2,(H,23,26)/t16-,17+,18-,19+/m0/s1. The quantitative estimate of drug-likeness (QED) is 0.752. The summed E-state index contributed by atoms with van der Waals surface area (Å²) >= 11 is 0. The van der Waals surface area contributed by atoms with Crippen molar-refractivity contribution in [3.05, 3.63) is 30.1 Å². The van der Waals surface area contributed by atoms with E-state index in [4.69, 9.17) is 9.47 Å². The summed E-state index contributed by atoms with van der Waals surface area (Å²) in [5, 5.41) is 13.2. The van der Waals surface area contributed by atoms with E-state index in [1.807, 2.05) is 0 Å². The fourth-order valence-electron chi connectivity index (χ4n) is 4.09. The monoisotopic (exact) mass is 403 g/mol. The van der Waals surface area contributed by atoms with E-state index in [9.17, 15) is 14.7 Å². The minimum absolute atomic E-state index is 0.0193. The number of nitrogens with one attached hydrogen (secondary N) is 1. The number of aliphatic hydroxyl groups excluding tert-OH is 1. The molecular formula is C21H29N3O5. The van der Waals surface area contributed by atoms with Crippen molar-refractivity contribution in [2.45, 2.75) is 56.5 Å². The van der Waals surface area contributed by atoms with E-state index >= 15 is 0 Å².